The summed E-state index contributed by atoms with van der Waals surface area (Å²) in [7, 11) is 0. The largest absolute Gasteiger partial charge is 0.388 e. The highest BCUT2D eigenvalue weighted by Gasteiger charge is 2.33. The molecule has 1 aromatic heterocycles. The van der Waals surface area contributed by atoms with Crippen molar-refractivity contribution in [2.75, 3.05) is 17.6 Å². The molecule has 2 fully saturated rings. The number of nitrogens with two attached hydrogens (primary N) is 1. The summed E-state index contributed by atoms with van der Waals surface area (Å²) in [5, 5.41) is 14.7. The van der Waals surface area contributed by atoms with E-state index in [0.717, 1.165) is 30.7 Å². The smallest absolute Gasteiger partial charge is 0.142 e. The van der Waals surface area contributed by atoms with Crippen LogP contribution in [-0.2, 0) is 0 Å². The van der Waals surface area contributed by atoms with Gasteiger partial charge in [-0.3, -0.25) is 0 Å². The minimum atomic E-state index is -0.514. The molecular weight excluding hydrogens is 234 g/mol. The lowest BCUT2D eigenvalue weighted by Crippen LogP contribution is -2.33. The molecule has 2 saturated carbocycles. The van der Waals surface area contributed by atoms with E-state index in [9.17, 15) is 5.11 Å². The normalized spacial score (nSPS) is 22.9. The Hall–Kier alpha value is -0.810. The van der Waals surface area contributed by atoms with Crippen LogP contribution < -0.4 is 11.1 Å². The fourth-order valence-corrected chi connectivity index (χ4v) is 3.45. The Labute approximate surface area is 105 Å². The zero-order valence-corrected chi connectivity index (χ0v) is 10.7. The minimum absolute atomic E-state index is 0.514. The predicted octanol–water partition coefficient (Wildman–Crippen LogP) is 2.32. The molecule has 94 valence electrons. The lowest BCUT2D eigenvalue weighted by Gasteiger charge is -2.22. The van der Waals surface area contributed by atoms with E-state index in [-0.39, 0.29) is 0 Å². The predicted molar refractivity (Wildman–Crippen MR) is 70.4 cm³/mol. The van der Waals surface area contributed by atoms with E-state index < -0.39 is 5.60 Å². The van der Waals surface area contributed by atoms with Crippen LogP contribution in [0.15, 0.2) is 0 Å². The molecule has 0 unspecified atom stereocenters. The van der Waals surface area contributed by atoms with Gasteiger partial charge >= 0.3 is 0 Å². The molecule has 0 amide bonds. The second-order valence-corrected chi connectivity index (χ2v) is 6.14. The number of hydrogen-bond acceptors (Lipinski definition) is 5. The monoisotopic (exact) mass is 253 g/mol. The molecule has 0 radical (unpaired) electrons. The third kappa shape index (κ3) is 2.26. The van der Waals surface area contributed by atoms with Crippen LogP contribution in [-0.4, -0.2) is 21.6 Å². The van der Waals surface area contributed by atoms with Crippen LogP contribution in [0, 0.1) is 0 Å². The van der Waals surface area contributed by atoms with E-state index in [1.54, 1.807) is 0 Å². The lowest BCUT2D eigenvalue weighted by molar-refractivity contribution is 0.0615. The number of nitrogens with one attached hydrogen (secondary N) is 1. The summed E-state index contributed by atoms with van der Waals surface area (Å²) < 4.78 is 4.22. The van der Waals surface area contributed by atoms with Gasteiger partial charge in [-0.05, 0) is 43.1 Å². The highest BCUT2D eigenvalue weighted by Crippen LogP contribution is 2.47. The summed E-state index contributed by atoms with van der Waals surface area (Å²) in [6.07, 6.45) is 6.54. The van der Waals surface area contributed by atoms with Gasteiger partial charge in [0.2, 0.25) is 0 Å². The summed E-state index contributed by atoms with van der Waals surface area (Å²) in [5.74, 6) is 1.29. The molecule has 2 aliphatic carbocycles. The van der Waals surface area contributed by atoms with Crippen molar-refractivity contribution >= 4 is 22.4 Å². The van der Waals surface area contributed by atoms with Gasteiger partial charge in [-0.1, -0.05) is 12.8 Å². The van der Waals surface area contributed by atoms with Gasteiger partial charge in [-0.2, -0.15) is 4.37 Å². The van der Waals surface area contributed by atoms with Gasteiger partial charge in [0.05, 0.1) is 5.60 Å². The number of rotatable bonds is 4. The summed E-state index contributed by atoms with van der Waals surface area (Å²) >= 11 is 1.43. The number of nitrogens with zero attached hydrogens (tertiary/aromatic N) is 1. The fourth-order valence-electron chi connectivity index (χ4n) is 2.66. The maximum absolute atomic E-state index is 10.3. The molecular formula is C12H19N3OS. The van der Waals surface area contributed by atoms with Crippen LogP contribution >= 0.6 is 11.5 Å². The van der Waals surface area contributed by atoms with Crippen molar-refractivity contribution in [2.24, 2.45) is 0 Å². The summed E-state index contributed by atoms with van der Waals surface area (Å²) in [6, 6.07) is 0. The summed E-state index contributed by atoms with van der Waals surface area (Å²) in [5.41, 5.74) is 6.57. The standard InChI is InChI=1S/C12H19N3OS/c13-10-9(8-3-4-8)11(17-15-10)14-7-12(16)5-1-2-6-12/h8,14,16H,1-7H2,(H2,13,15). The SMILES string of the molecule is Nc1nsc(NCC2(O)CCCC2)c1C1CC1. The quantitative estimate of drug-likeness (QED) is 0.770. The van der Waals surface area contributed by atoms with E-state index in [4.69, 9.17) is 5.73 Å². The van der Waals surface area contributed by atoms with Gasteiger partial charge in [0.1, 0.15) is 10.8 Å². The van der Waals surface area contributed by atoms with E-state index in [2.05, 4.69) is 9.69 Å². The molecule has 0 aromatic carbocycles. The molecule has 17 heavy (non-hydrogen) atoms. The number of hydrogen-bond donors (Lipinski definition) is 3. The number of nitrogen functional groups attached to an aromatic ring is 1. The first-order valence-corrected chi connectivity index (χ1v) is 7.17. The second kappa shape index (κ2) is 4.14. The van der Waals surface area contributed by atoms with Gasteiger partial charge in [0.15, 0.2) is 0 Å². The molecule has 0 bridgehead atoms. The van der Waals surface area contributed by atoms with Crippen LogP contribution in [0.25, 0.3) is 0 Å². The highest BCUT2D eigenvalue weighted by molar-refractivity contribution is 7.10. The summed E-state index contributed by atoms with van der Waals surface area (Å²) in [4.78, 5) is 0. The van der Waals surface area contributed by atoms with E-state index >= 15 is 0 Å². The van der Waals surface area contributed by atoms with Crippen molar-refractivity contribution in [3.8, 4) is 0 Å². The third-order valence-electron chi connectivity index (χ3n) is 3.85. The molecule has 0 spiro atoms. The molecule has 1 aromatic rings. The third-order valence-corrected chi connectivity index (χ3v) is 4.69. The zero-order chi connectivity index (χ0) is 11.9. The molecule has 5 heteroatoms. The Morgan fingerprint density at radius 2 is 2.12 bits per heavy atom. The van der Waals surface area contributed by atoms with Crippen molar-refractivity contribution in [1.82, 2.24) is 4.37 Å². The Bertz CT molecular complexity index is 408. The first-order valence-electron chi connectivity index (χ1n) is 6.39. The highest BCUT2D eigenvalue weighted by atomic mass is 32.1. The maximum Gasteiger partial charge on any atom is 0.142 e. The van der Waals surface area contributed by atoms with Crippen molar-refractivity contribution in [3.63, 3.8) is 0 Å². The van der Waals surface area contributed by atoms with E-state index in [0.29, 0.717) is 18.3 Å². The summed E-state index contributed by atoms with van der Waals surface area (Å²) in [6.45, 7) is 0.633. The first-order chi connectivity index (χ1) is 8.18. The number of aromatic nitrogens is 1. The average Bonchev–Trinajstić information content (AvgIpc) is 2.94. The van der Waals surface area contributed by atoms with Crippen molar-refractivity contribution < 1.29 is 5.11 Å². The Balaban J connectivity index is 1.68. The maximum atomic E-state index is 10.3. The molecule has 4 nitrogen and oxygen atoms in total. The average molecular weight is 253 g/mol. The van der Waals surface area contributed by atoms with Gasteiger partial charge in [-0.25, -0.2) is 0 Å². The Morgan fingerprint density at radius 1 is 1.41 bits per heavy atom. The molecule has 3 rings (SSSR count). The van der Waals surface area contributed by atoms with Gasteiger partial charge in [0.25, 0.3) is 0 Å². The van der Waals surface area contributed by atoms with Crippen LogP contribution in [0.3, 0.4) is 0 Å². The van der Waals surface area contributed by atoms with E-state index in [1.165, 1.54) is 29.9 Å². The molecule has 0 atom stereocenters. The topological polar surface area (TPSA) is 71.2 Å². The van der Waals surface area contributed by atoms with Crippen LogP contribution in [0.5, 0.6) is 0 Å². The number of aliphatic hydroxyl groups is 1. The molecule has 0 saturated heterocycles. The van der Waals surface area contributed by atoms with Crippen LogP contribution in [0.1, 0.15) is 50.0 Å². The Kier molecular flexibility index (Phi) is 2.75. The molecule has 0 aliphatic heterocycles. The zero-order valence-electron chi connectivity index (χ0n) is 9.91. The Morgan fingerprint density at radius 3 is 2.76 bits per heavy atom. The molecule has 1 heterocycles. The van der Waals surface area contributed by atoms with Gasteiger partial charge in [0, 0.05) is 12.1 Å². The van der Waals surface area contributed by atoms with Crippen molar-refractivity contribution in [1.29, 1.82) is 0 Å². The second-order valence-electron chi connectivity index (χ2n) is 5.37. The first kappa shape index (κ1) is 11.3. The number of anilines is 2. The fraction of sp³-hybridized carbons (Fsp3) is 0.750. The van der Waals surface area contributed by atoms with Crippen molar-refractivity contribution in [3.05, 3.63) is 5.56 Å². The minimum Gasteiger partial charge on any atom is -0.388 e. The van der Waals surface area contributed by atoms with E-state index in [1.807, 2.05) is 0 Å². The lowest BCUT2D eigenvalue weighted by atomic mass is 10.0. The molecule has 2 aliphatic rings. The van der Waals surface area contributed by atoms with Crippen LogP contribution in [0.2, 0.25) is 0 Å². The van der Waals surface area contributed by atoms with Crippen LogP contribution in [0.4, 0.5) is 10.8 Å². The molecule has 4 N–H and O–H groups in total. The van der Waals surface area contributed by atoms with Gasteiger partial charge < -0.3 is 16.2 Å². The van der Waals surface area contributed by atoms with Crippen molar-refractivity contribution in [2.45, 2.75) is 50.0 Å². The van der Waals surface area contributed by atoms with Gasteiger partial charge in [-0.15, -0.1) is 0 Å².